The molecule has 1 heterocycles. The number of epoxide rings is 1. The minimum atomic E-state index is -0.221. The largest absolute Gasteiger partial charge is 0.459 e. The predicted octanol–water partition coefficient (Wildman–Crippen LogP) is 3.37. The van der Waals surface area contributed by atoms with E-state index < -0.39 is 0 Å². The Kier molecular flexibility index (Phi) is 5.40. The van der Waals surface area contributed by atoms with Gasteiger partial charge in [-0.2, -0.15) is 0 Å². The van der Waals surface area contributed by atoms with Gasteiger partial charge in [-0.3, -0.25) is 0 Å². The number of esters is 1. The number of carbonyl (C=O) groups excluding carboxylic acids is 1. The van der Waals surface area contributed by atoms with E-state index >= 15 is 0 Å². The van der Waals surface area contributed by atoms with Gasteiger partial charge >= 0.3 is 5.97 Å². The van der Waals surface area contributed by atoms with E-state index in [0.717, 1.165) is 18.4 Å². The van der Waals surface area contributed by atoms with Crippen LogP contribution in [-0.4, -0.2) is 25.3 Å². The van der Waals surface area contributed by atoms with Crippen molar-refractivity contribution in [2.45, 2.75) is 45.1 Å². The van der Waals surface area contributed by atoms with Gasteiger partial charge in [-0.25, -0.2) is 4.79 Å². The summed E-state index contributed by atoms with van der Waals surface area (Å²) in [6, 6.07) is 7.75. The molecule has 0 aromatic heterocycles. The number of hydrogen-bond acceptors (Lipinski definition) is 3. The van der Waals surface area contributed by atoms with Crippen LogP contribution in [0.1, 0.15) is 48.5 Å². The maximum atomic E-state index is 12.0. The minimum absolute atomic E-state index is 0.126. The van der Waals surface area contributed by atoms with Crippen LogP contribution in [0.5, 0.6) is 0 Å². The first kappa shape index (κ1) is 14.1. The van der Waals surface area contributed by atoms with E-state index in [9.17, 15) is 4.79 Å². The molecule has 3 heteroatoms. The molecule has 1 aromatic carbocycles. The Labute approximate surface area is 114 Å². The van der Waals surface area contributed by atoms with Gasteiger partial charge in [0.25, 0.3) is 0 Å². The Morgan fingerprint density at radius 1 is 1.32 bits per heavy atom. The second-order valence-electron chi connectivity index (χ2n) is 5.02. The topological polar surface area (TPSA) is 38.8 Å². The second-order valence-corrected chi connectivity index (χ2v) is 5.02. The number of benzene rings is 1. The molecule has 19 heavy (non-hydrogen) atoms. The summed E-state index contributed by atoms with van der Waals surface area (Å²) < 4.78 is 10.3. The standard InChI is InChI=1S/C16H22O3/c1-2-3-4-5-8-13-9-6-7-10-15(13)16(17)19-12-14-11-18-14/h6-7,9-10,14H,2-5,8,11-12H2,1H3. The number of aryl methyl sites for hydroxylation is 1. The summed E-state index contributed by atoms with van der Waals surface area (Å²) in [7, 11) is 0. The van der Waals surface area contributed by atoms with Crippen molar-refractivity contribution in [3.8, 4) is 0 Å². The first-order valence-electron chi connectivity index (χ1n) is 7.18. The van der Waals surface area contributed by atoms with Crippen LogP contribution in [0.2, 0.25) is 0 Å². The van der Waals surface area contributed by atoms with Crippen molar-refractivity contribution in [1.29, 1.82) is 0 Å². The molecule has 0 aliphatic carbocycles. The lowest BCUT2D eigenvalue weighted by molar-refractivity contribution is 0.0475. The fraction of sp³-hybridized carbons (Fsp3) is 0.562. The maximum absolute atomic E-state index is 12.0. The highest BCUT2D eigenvalue weighted by Crippen LogP contribution is 2.16. The molecule has 0 radical (unpaired) electrons. The van der Waals surface area contributed by atoms with Gasteiger partial charge in [0, 0.05) is 0 Å². The summed E-state index contributed by atoms with van der Waals surface area (Å²) in [5.74, 6) is -0.221. The lowest BCUT2D eigenvalue weighted by Gasteiger charge is -2.09. The highest BCUT2D eigenvalue weighted by molar-refractivity contribution is 5.91. The Bertz CT molecular complexity index is 410. The van der Waals surface area contributed by atoms with Crippen LogP contribution in [0.3, 0.4) is 0 Å². The fourth-order valence-corrected chi connectivity index (χ4v) is 2.09. The van der Waals surface area contributed by atoms with Gasteiger partial charge in [0.1, 0.15) is 12.7 Å². The fourth-order valence-electron chi connectivity index (χ4n) is 2.09. The van der Waals surface area contributed by atoms with Crippen molar-refractivity contribution in [3.05, 3.63) is 35.4 Å². The molecule has 3 nitrogen and oxygen atoms in total. The maximum Gasteiger partial charge on any atom is 0.338 e. The third kappa shape index (κ3) is 4.67. The minimum Gasteiger partial charge on any atom is -0.459 e. The third-order valence-electron chi connectivity index (χ3n) is 3.34. The Morgan fingerprint density at radius 3 is 2.84 bits per heavy atom. The Hall–Kier alpha value is -1.35. The van der Waals surface area contributed by atoms with E-state index in [1.807, 2.05) is 24.3 Å². The van der Waals surface area contributed by atoms with Crippen LogP contribution in [0, 0.1) is 0 Å². The lowest BCUT2D eigenvalue weighted by atomic mass is 10.0. The Balaban J connectivity index is 1.88. The lowest BCUT2D eigenvalue weighted by Crippen LogP contribution is -2.12. The van der Waals surface area contributed by atoms with E-state index in [1.165, 1.54) is 19.3 Å². The van der Waals surface area contributed by atoms with Gasteiger partial charge in [0.2, 0.25) is 0 Å². The molecule has 1 atom stereocenters. The molecule has 1 aliphatic heterocycles. The zero-order valence-corrected chi connectivity index (χ0v) is 11.6. The van der Waals surface area contributed by atoms with Crippen LogP contribution in [-0.2, 0) is 15.9 Å². The van der Waals surface area contributed by atoms with E-state index in [1.54, 1.807) is 0 Å². The monoisotopic (exact) mass is 262 g/mol. The van der Waals surface area contributed by atoms with E-state index in [0.29, 0.717) is 18.8 Å². The first-order valence-corrected chi connectivity index (χ1v) is 7.18. The number of rotatable bonds is 8. The number of hydrogen-bond donors (Lipinski definition) is 0. The molecule has 2 rings (SSSR count). The van der Waals surface area contributed by atoms with Crippen molar-refractivity contribution in [2.24, 2.45) is 0 Å². The molecule has 0 amide bonds. The molecule has 1 aliphatic rings. The smallest absolute Gasteiger partial charge is 0.338 e. The molecule has 0 bridgehead atoms. The molecule has 1 unspecified atom stereocenters. The summed E-state index contributed by atoms with van der Waals surface area (Å²) >= 11 is 0. The molecular formula is C16H22O3. The Morgan fingerprint density at radius 2 is 2.11 bits per heavy atom. The van der Waals surface area contributed by atoms with Crippen molar-refractivity contribution in [2.75, 3.05) is 13.2 Å². The van der Waals surface area contributed by atoms with Gasteiger partial charge in [0.05, 0.1) is 12.2 Å². The average Bonchev–Trinajstić information content (AvgIpc) is 3.26. The van der Waals surface area contributed by atoms with Gasteiger partial charge < -0.3 is 9.47 Å². The number of unbranched alkanes of at least 4 members (excludes halogenated alkanes) is 3. The van der Waals surface area contributed by atoms with Gasteiger partial charge in [-0.05, 0) is 24.5 Å². The average molecular weight is 262 g/mol. The summed E-state index contributed by atoms with van der Waals surface area (Å²) in [5, 5.41) is 0. The molecule has 0 spiro atoms. The summed E-state index contributed by atoms with van der Waals surface area (Å²) in [6.07, 6.45) is 5.90. The number of carbonyl (C=O) groups is 1. The van der Waals surface area contributed by atoms with Crippen LogP contribution in [0.15, 0.2) is 24.3 Å². The predicted molar refractivity (Wildman–Crippen MR) is 74.3 cm³/mol. The van der Waals surface area contributed by atoms with E-state index in [4.69, 9.17) is 9.47 Å². The van der Waals surface area contributed by atoms with Gasteiger partial charge in [-0.1, -0.05) is 44.4 Å². The quantitative estimate of drug-likeness (QED) is 0.409. The molecular weight excluding hydrogens is 240 g/mol. The number of ether oxygens (including phenoxy) is 2. The van der Waals surface area contributed by atoms with Gasteiger partial charge in [0.15, 0.2) is 0 Å². The molecule has 0 saturated carbocycles. The van der Waals surface area contributed by atoms with Crippen molar-refractivity contribution in [1.82, 2.24) is 0 Å². The van der Waals surface area contributed by atoms with E-state index in [-0.39, 0.29) is 12.1 Å². The second kappa shape index (κ2) is 7.29. The van der Waals surface area contributed by atoms with Crippen molar-refractivity contribution < 1.29 is 14.3 Å². The van der Waals surface area contributed by atoms with Crippen molar-refractivity contribution >= 4 is 5.97 Å². The molecule has 1 saturated heterocycles. The van der Waals surface area contributed by atoms with Crippen LogP contribution in [0.4, 0.5) is 0 Å². The highest BCUT2D eigenvalue weighted by Gasteiger charge is 2.24. The van der Waals surface area contributed by atoms with E-state index in [2.05, 4.69) is 6.92 Å². The summed E-state index contributed by atoms with van der Waals surface area (Å²) in [6.45, 7) is 3.29. The molecule has 1 fully saturated rings. The van der Waals surface area contributed by atoms with Crippen LogP contribution < -0.4 is 0 Å². The summed E-state index contributed by atoms with van der Waals surface area (Å²) in [4.78, 5) is 12.0. The summed E-state index contributed by atoms with van der Waals surface area (Å²) in [5.41, 5.74) is 1.81. The molecule has 1 aromatic rings. The molecule has 0 N–H and O–H groups in total. The van der Waals surface area contributed by atoms with Crippen molar-refractivity contribution in [3.63, 3.8) is 0 Å². The molecule has 104 valence electrons. The highest BCUT2D eigenvalue weighted by atomic mass is 16.6. The zero-order chi connectivity index (χ0) is 13.5. The normalized spacial score (nSPS) is 17.2. The first-order chi connectivity index (χ1) is 9.31. The van der Waals surface area contributed by atoms with Gasteiger partial charge in [-0.15, -0.1) is 0 Å². The third-order valence-corrected chi connectivity index (χ3v) is 3.34. The zero-order valence-electron chi connectivity index (χ0n) is 11.6. The van der Waals surface area contributed by atoms with Crippen LogP contribution in [0.25, 0.3) is 0 Å². The van der Waals surface area contributed by atoms with Crippen LogP contribution >= 0.6 is 0 Å². The SMILES string of the molecule is CCCCCCc1ccccc1C(=O)OCC1CO1.